The summed E-state index contributed by atoms with van der Waals surface area (Å²) in [6, 6.07) is 6.21. The number of halogens is 1. The summed E-state index contributed by atoms with van der Waals surface area (Å²) in [5.41, 5.74) is 2.33. The first-order valence-electron chi connectivity index (χ1n) is 5.36. The Bertz CT molecular complexity index is 417. The molecule has 0 radical (unpaired) electrons. The van der Waals surface area contributed by atoms with Crippen LogP contribution in [0.5, 0.6) is 0 Å². The predicted molar refractivity (Wildman–Crippen MR) is 76.4 cm³/mol. The molecule has 86 valence electrons. The molecule has 1 heterocycles. The van der Waals surface area contributed by atoms with Crippen molar-refractivity contribution in [2.24, 2.45) is 10.9 Å². The summed E-state index contributed by atoms with van der Waals surface area (Å²) >= 11 is 5.39. The standard InChI is InChI=1S/C12H15BrN2S/c1-8-6-14-12(16-7-8)15-10-5-3-4-9(2)11(10)13/h3-5,8H,6-7H2,1-2H3,(H,14,15). The van der Waals surface area contributed by atoms with Crippen molar-refractivity contribution >= 4 is 38.5 Å². The van der Waals surface area contributed by atoms with Gasteiger partial charge in [0.15, 0.2) is 5.17 Å². The second kappa shape index (κ2) is 5.23. The van der Waals surface area contributed by atoms with Gasteiger partial charge in [-0.2, -0.15) is 0 Å². The highest BCUT2D eigenvalue weighted by atomic mass is 79.9. The number of anilines is 1. The molecular formula is C12H15BrN2S. The summed E-state index contributed by atoms with van der Waals surface area (Å²) in [6.07, 6.45) is 0. The van der Waals surface area contributed by atoms with Crippen LogP contribution in [-0.2, 0) is 0 Å². The van der Waals surface area contributed by atoms with E-state index in [0.717, 1.165) is 27.6 Å². The molecule has 0 aliphatic carbocycles. The van der Waals surface area contributed by atoms with Crippen LogP contribution in [0.4, 0.5) is 5.69 Å². The highest BCUT2D eigenvalue weighted by molar-refractivity contribution is 9.10. The number of amidine groups is 1. The lowest BCUT2D eigenvalue weighted by Crippen LogP contribution is -2.19. The largest absolute Gasteiger partial charge is 0.334 e. The van der Waals surface area contributed by atoms with Crippen LogP contribution in [0.3, 0.4) is 0 Å². The first kappa shape index (κ1) is 12.0. The predicted octanol–water partition coefficient (Wildman–Crippen LogP) is 3.91. The van der Waals surface area contributed by atoms with Crippen LogP contribution in [0.1, 0.15) is 12.5 Å². The molecule has 2 nitrogen and oxygen atoms in total. The van der Waals surface area contributed by atoms with Crippen molar-refractivity contribution in [3.05, 3.63) is 28.2 Å². The molecule has 1 aliphatic rings. The molecule has 1 atom stereocenters. The Morgan fingerprint density at radius 1 is 1.50 bits per heavy atom. The minimum atomic E-state index is 0.691. The second-order valence-electron chi connectivity index (χ2n) is 4.12. The van der Waals surface area contributed by atoms with Crippen molar-refractivity contribution in [3.8, 4) is 0 Å². The fraction of sp³-hybridized carbons (Fsp3) is 0.417. The molecule has 0 fully saturated rings. The Morgan fingerprint density at radius 3 is 3.00 bits per heavy atom. The van der Waals surface area contributed by atoms with Gasteiger partial charge in [-0.3, -0.25) is 4.99 Å². The van der Waals surface area contributed by atoms with Gasteiger partial charge in [0.25, 0.3) is 0 Å². The number of aliphatic imine (C=N–C) groups is 1. The molecule has 1 aromatic carbocycles. The van der Waals surface area contributed by atoms with Crippen molar-refractivity contribution < 1.29 is 0 Å². The van der Waals surface area contributed by atoms with Gasteiger partial charge in [-0.05, 0) is 40.4 Å². The topological polar surface area (TPSA) is 24.4 Å². The Hall–Kier alpha value is -0.480. The molecule has 1 aliphatic heterocycles. The molecule has 0 amide bonds. The van der Waals surface area contributed by atoms with Gasteiger partial charge in [0.05, 0.1) is 5.69 Å². The van der Waals surface area contributed by atoms with Crippen LogP contribution >= 0.6 is 27.7 Å². The molecule has 16 heavy (non-hydrogen) atoms. The van der Waals surface area contributed by atoms with Crippen LogP contribution in [-0.4, -0.2) is 17.5 Å². The van der Waals surface area contributed by atoms with E-state index >= 15 is 0 Å². The van der Waals surface area contributed by atoms with E-state index in [4.69, 9.17) is 0 Å². The fourth-order valence-corrected chi connectivity index (χ4v) is 2.75. The minimum Gasteiger partial charge on any atom is -0.334 e. The molecule has 0 spiro atoms. The molecule has 0 saturated heterocycles. The maximum atomic E-state index is 4.52. The van der Waals surface area contributed by atoms with Gasteiger partial charge in [0, 0.05) is 16.8 Å². The number of hydrogen-bond acceptors (Lipinski definition) is 3. The molecular weight excluding hydrogens is 284 g/mol. The lowest BCUT2D eigenvalue weighted by Gasteiger charge is -2.18. The van der Waals surface area contributed by atoms with Gasteiger partial charge in [-0.15, -0.1) is 0 Å². The third kappa shape index (κ3) is 2.80. The highest BCUT2D eigenvalue weighted by Crippen LogP contribution is 2.27. The van der Waals surface area contributed by atoms with Gasteiger partial charge in [0.2, 0.25) is 0 Å². The number of hydrogen-bond donors (Lipinski definition) is 1. The number of nitrogens with zero attached hydrogens (tertiary/aromatic N) is 1. The summed E-state index contributed by atoms with van der Waals surface area (Å²) in [7, 11) is 0. The Labute approximate surface area is 109 Å². The monoisotopic (exact) mass is 298 g/mol. The average Bonchev–Trinajstić information content (AvgIpc) is 2.28. The molecule has 0 aromatic heterocycles. The Kier molecular flexibility index (Phi) is 3.92. The van der Waals surface area contributed by atoms with Gasteiger partial charge in [-0.25, -0.2) is 0 Å². The van der Waals surface area contributed by atoms with E-state index in [1.165, 1.54) is 5.56 Å². The first-order chi connectivity index (χ1) is 7.66. The van der Waals surface area contributed by atoms with Crippen LogP contribution in [0.25, 0.3) is 0 Å². The zero-order valence-electron chi connectivity index (χ0n) is 9.46. The van der Waals surface area contributed by atoms with Crippen molar-refractivity contribution in [2.75, 3.05) is 17.6 Å². The van der Waals surface area contributed by atoms with E-state index in [9.17, 15) is 0 Å². The number of benzene rings is 1. The van der Waals surface area contributed by atoms with Gasteiger partial charge in [0.1, 0.15) is 0 Å². The quantitative estimate of drug-likeness (QED) is 0.850. The number of aryl methyl sites for hydroxylation is 1. The molecule has 4 heteroatoms. The third-order valence-corrected chi connectivity index (χ3v) is 4.78. The van der Waals surface area contributed by atoms with Crippen molar-refractivity contribution in [1.29, 1.82) is 0 Å². The maximum absolute atomic E-state index is 4.52. The SMILES string of the molecule is Cc1cccc(NC2=NCC(C)CS2)c1Br. The normalized spacial score (nSPS) is 20.4. The molecule has 1 aromatic rings. The van der Waals surface area contributed by atoms with E-state index < -0.39 is 0 Å². The highest BCUT2D eigenvalue weighted by Gasteiger charge is 2.13. The lowest BCUT2D eigenvalue weighted by molar-refractivity contribution is 0.674. The molecule has 0 saturated carbocycles. The van der Waals surface area contributed by atoms with Gasteiger partial charge >= 0.3 is 0 Å². The van der Waals surface area contributed by atoms with E-state index in [1.807, 2.05) is 0 Å². The van der Waals surface area contributed by atoms with Crippen molar-refractivity contribution in [1.82, 2.24) is 0 Å². The van der Waals surface area contributed by atoms with Crippen molar-refractivity contribution in [3.63, 3.8) is 0 Å². The van der Waals surface area contributed by atoms with E-state index in [1.54, 1.807) is 11.8 Å². The molecule has 1 unspecified atom stereocenters. The van der Waals surface area contributed by atoms with Crippen LogP contribution in [0.15, 0.2) is 27.7 Å². The van der Waals surface area contributed by atoms with E-state index in [-0.39, 0.29) is 0 Å². The number of thioether (sulfide) groups is 1. The zero-order chi connectivity index (χ0) is 11.5. The summed E-state index contributed by atoms with van der Waals surface area (Å²) < 4.78 is 1.12. The summed E-state index contributed by atoms with van der Waals surface area (Å²) in [5, 5.41) is 4.41. The van der Waals surface area contributed by atoms with Crippen LogP contribution in [0.2, 0.25) is 0 Å². The number of nitrogens with one attached hydrogen (secondary N) is 1. The Balaban J connectivity index is 2.12. The van der Waals surface area contributed by atoms with Crippen molar-refractivity contribution in [2.45, 2.75) is 13.8 Å². The van der Waals surface area contributed by atoms with Crippen LogP contribution < -0.4 is 5.32 Å². The average molecular weight is 299 g/mol. The Morgan fingerprint density at radius 2 is 2.31 bits per heavy atom. The molecule has 1 N–H and O–H groups in total. The number of rotatable bonds is 1. The molecule has 0 bridgehead atoms. The van der Waals surface area contributed by atoms with E-state index in [2.05, 4.69) is 58.3 Å². The second-order valence-corrected chi connectivity index (χ2v) is 5.93. The summed E-state index contributed by atoms with van der Waals surface area (Å²) in [5.74, 6) is 1.84. The maximum Gasteiger partial charge on any atom is 0.161 e. The minimum absolute atomic E-state index is 0.691. The molecule has 2 rings (SSSR count). The lowest BCUT2D eigenvalue weighted by atomic mass is 10.2. The summed E-state index contributed by atoms with van der Waals surface area (Å²) in [6.45, 7) is 5.25. The van der Waals surface area contributed by atoms with Gasteiger partial charge < -0.3 is 5.32 Å². The summed E-state index contributed by atoms with van der Waals surface area (Å²) in [4.78, 5) is 4.52. The first-order valence-corrected chi connectivity index (χ1v) is 7.14. The third-order valence-electron chi connectivity index (χ3n) is 2.48. The van der Waals surface area contributed by atoms with E-state index in [0.29, 0.717) is 5.92 Å². The smallest absolute Gasteiger partial charge is 0.161 e. The fourth-order valence-electron chi connectivity index (χ4n) is 1.49. The van der Waals surface area contributed by atoms with Crippen LogP contribution in [0, 0.1) is 12.8 Å². The van der Waals surface area contributed by atoms with Gasteiger partial charge in [-0.1, -0.05) is 30.8 Å². The zero-order valence-corrected chi connectivity index (χ0v) is 11.9.